The van der Waals surface area contributed by atoms with Gasteiger partial charge in [-0.05, 0) is 12.1 Å². The molecule has 3 heteroatoms. The van der Waals surface area contributed by atoms with E-state index >= 15 is 0 Å². The summed E-state index contributed by atoms with van der Waals surface area (Å²) in [6.07, 6.45) is 1.80. The van der Waals surface area contributed by atoms with Crippen molar-refractivity contribution in [3.8, 4) is 0 Å². The van der Waals surface area contributed by atoms with Gasteiger partial charge in [0.25, 0.3) is 0 Å². The molecular formula is C7H11N2P. The van der Waals surface area contributed by atoms with E-state index in [2.05, 4.69) is 19.1 Å². The van der Waals surface area contributed by atoms with Gasteiger partial charge in [0, 0.05) is 26.0 Å². The topological polar surface area (TPSA) is 16.1 Å². The van der Waals surface area contributed by atoms with Crippen LogP contribution in [-0.4, -0.2) is 19.1 Å². The van der Waals surface area contributed by atoms with Crippen LogP contribution >= 0.6 is 9.24 Å². The highest BCUT2D eigenvalue weighted by Crippen LogP contribution is 2.06. The van der Waals surface area contributed by atoms with Crippen LogP contribution in [0, 0.1) is 0 Å². The Balaban J connectivity index is 2.96. The van der Waals surface area contributed by atoms with Crippen molar-refractivity contribution in [3.63, 3.8) is 0 Å². The van der Waals surface area contributed by atoms with E-state index in [9.17, 15) is 0 Å². The summed E-state index contributed by atoms with van der Waals surface area (Å²) in [7, 11) is 6.60. The van der Waals surface area contributed by atoms with E-state index in [-0.39, 0.29) is 0 Å². The molecule has 1 heterocycles. The zero-order valence-corrected chi connectivity index (χ0v) is 7.36. The highest BCUT2D eigenvalue weighted by molar-refractivity contribution is 7.26. The van der Waals surface area contributed by atoms with E-state index in [0.29, 0.717) is 0 Å². The Morgan fingerprint density at radius 2 is 2.20 bits per heavy atom. The molecule has 0 amide bonds. The van der Waals surface area contributed by atoms with Crippen LogP contribution in [0.4, 0.5) is 5.69 Å². The summed E-state index contributed by atoms with van der Waals surface area (Å²) >= 11 is 0. The lowest BCUT2D eigenvalue weighted by atomic mass is 10.4. The number of aromatic nitrogens is 1. The second-order valence-electron chi connectivity index (χ2n) is 2.33. The monoisotopic (exact) mass is 154 g/mol. The zero-order chi connectivity index (χ0) is 7.56. The third-order valence-electron chi connectivity index (χ3n) is 1.28. The molecule has 0 aliphatic rings. The van der Waals surface area contributed by atoms with Gasteiger partial charge in [-0.15, -0.1) is 0 Å². The van der Waals surface area contributed by atoms with Crippen LogP contribution in [0.15, 0.2) is 18.3 Å². The molecule has 1 aromatic heterocycles. The lowest BCUT2D eigenvalue weighted by molar-refractivity contribution is 1.13. The van der Waals surface area contributed by atoms with Gasteiger partial charge in [0.15, 0.2) is 0 Å². The van der Waals surface area contributed by atoms with Crippen molar-refractivity contribution < 1.29 is 0 Å². The maximum absolute atomic E-state index is 4.06. The second-order valence-corrected chi connectivity index (χ2v) is 2.92. The third kappa shape index (κ3) is 1.68. The second kappa shape index (κ2) is 2.98. The molecule has 0 aromatic carbocycles. The zero-order valence-electron chi connectivity index (χ0n) is 6.20. The fourth-order valence-corrected chi connectivity index (χ4v) is 0.972. The molecule has 0 N–H and O–H groups in total. The summed E-state index contributed by atoms with van der Waals surface area (Å²) in [4.78, 5) is 6.11. The van der Waals surface area contributed by atoms with E-state index < -0.39 is 0 Å². The van der Waals surface area contributed by atoms with Gasteiger partial charge in [-0.3, -0.25) is 4.98 Å². The van der Waals surface area contributed by atoms with Gasteiger partial charge in [0.2, 0.25) is 0 Å². The summed E-state index contributed by atoms with van der Waals surface area (Å²) in [5.74, 6) is 0. The highest BCUT2D eigenvalue weighted by atomic mass is 31.0. The number of pyridine rings is 1. The van der Waals surface area contributed by atoms with Crippen molar-refractivity contribution >= 4 is 20.4 Å². The van der Waals surface area contributed by atoms with E-state index in [1.54, 1.807) is 6.20 Å². The fourth-order valence-electron chi connectivity index (χ4n) is 0.715. The molecule has 10 heavy (non-hydrogen) atoms. The number of nitrogens with zero attached hydrogens (tertiary/aromatic N) is 2. The maximum atomic E-state index is 4.06. The number of hydrogen-bond donors (Lipinski definition) is 0. The average molecular weight is 154 g/mol. The Morgan fingerprint density at radius 1 is 1.50 bits per heavy atom. The van der Waals surface area contributed by atoms with E-state index in [1.165, 1.54) is 5.69 Å². The van der Waals surface area contributed by atoms with Gasteiger partial charge in [-0.25, -0.2) is 0 Å². The molecule has 0 bridgehead atoms. The fraction of sp³-hybridized carbons (Fsp3) is 0.286. The smallest absolute Gasteiger partial charge is 0.0589 e. The van der Waals surface area contributed by atoms with E-state index in [1.807, 2.05) is 26.2 Å². The predicted octanol–water partition coefficient (Wildman–Crippen LogP) is 0.648. The maximum Gasteiger partial charge on any atom is 0.0589 e. The predicted molar refractivity (Wildman–Crippen MR) is 47.9 cm³/mol. The minimum Gasteiger partial charge on any atom is -0.378 e. The van der Waals surface area contributed by atoms with Crippen LogP contribution in [0.25, 0.3) is 0 Å². The summed E-state index contributed by atoms with van der Waals surface area (Å²) in [6.45, 7) is 0. The minimum absolute atomic E-state index is 0.978. The summed E-state index contributed by atoms with van der Waals surface area (Å²) < 4.78 is 0. The van der Waals surface area contributed by atoms with Gasteiger partial charge in [-0.2, -0.15) is 0 Å². The molecular weight excluding hydrogens is 143 g/mol. The molecule has 0 saturated heterocycles. The molecule has 0 radical (unpaired) electrons. The van der Waals surface area contributed by atoms with Crippen molar-refractivity contribution in [1.29, 1.82) is 0 Å². The van der Waals surface area contributed by atoms with Crippen molar-refractivity contribution in [2.75, 3.05) is 19.0 Å². The Morgan fingerprint density at radius 3 is 2.60 bits per heavy atom. The van der Waals surface area contributed by atoms with Crippen LogP contribution in [0.3, 0.4) is 0 Å². The van der Waals surface area contributed by atoms with E-state index in [4.69, 9.17) is 0 Å². The van der Waals surface area contributed by atoms with Crippen molar-refractivity contribution in [2.24, 2.45) is 0 Å². The average Bonchev–Trinajstić information content (AvgIpc) is 1.88. The van der Waals surface area contributed by atoms with E-state index in [0.717, 1.165) is 5.44 Å². The molecule has 0 saturated carbocycles. The molecule has 54 valence electrons. The SMILES string of the molecule is CN(C)c1ccnc(P)c1. The standard InChI is InChI=1S/C7H11N2P/c1-9(2)6-3-4-8-7(10)5-6/h3-5H,10H2,1-2H3. The summed E-state index contributed by atoms with van der Waals surface area (Å²) in [5, 5.41) is 0. The summed E-state index contributed by atoms with van der Waals surface area (Å²) in [5.41, 5.74) is 2.16. The van der Waals surface area contributed by atoms with Crippen LogP contribution in [0.5, 0.6) is 0 Å². The van der Waals surface area contributed by atoms with Crippen LogP contribution in [-0.2, 0) is 0 Å². The first-order valence-electron chi connectivity index (χ1n) is 3.09. The van der Waals surface area contributed by atoms with Gasteiger partial charge in [-0.1, -0.05) is 9.24 Å². The first-order valence-corrected chi connectivity index (χ1v) is 3.67. The number of anilines is 1. The molecule has 0 aliphatic carbocycles. The Kier molecular flexibility index (Phi) is 2.23. The van der Waals surface area contributed by atoms with Crippen LogP contribution in [0.1, 0.15) is 0 Å². The van der Waals surface area contributed by atoms with Crippen molar-refractivity contribution in [1.82, 2.24) is 4.98 Å². The quantitative estimate of drug-likeness (QED) is 0.552. The van der Waals surface area contributed by atoms with Gasteiger partial charge in [0.1, 0.15) is 0 Å². The number of rotatable bonds is 1. The Bertz CT molecular complexity index is 223. The first kappa shape index (κ1) is 7.49. The van der Waals surface area contributed by atoms with Crippen molar-refractivity contribution in [3.05, 3.63) is 18.3 Å². The molecule has 0 aliphatic heterocycles. The van der Waals surface area contributed by atoms with Gasteiger partial charge < -0.3 is 4.90 Å². The largest absolute Gasteiger partial charge is 0.378 e. The van der Waals surface area contributed by atoms with Gasteiger partial charge >= 0.3 is 0 Å². The van der Waals surface area contributed by atoms with Crippen molar-refractivity contribution in [2.45, 2.75) is 0 Å². The molecule has 1 rings (SSSR count). The third-order valence-corrected chi connectivity index (χ3v) is 1.60. The Labute approximate surface area is 63.5 Å². The Hall–Kier alpha value is -0.620. The lowest BCUT2D eigenvalue weighted by Gasteiger charge is -2.11. The van der Waals surface area contributed by atoms with Crippen LogP contribution in [0.2, 0.25) is 0 Å². The molecule has 0 fully saturated rings. The normalized spacial score (nSPS) is 9.50. The molecule has 2 nitrogen and oxygen atoms in total. The first-order chi connectivity index (χ1) is 4.70. The minimum atomic E-state index is 0.978. The molecule has 0 spiro atoms. The lowest BCUT2D eigenvalue weighted by Crippen LogP contribution is -2.10. The molecule has 1 unspecified atom stereocenters. The van der Waals surface area contributed by atoms with Gasteiger partial charge in [0.05, 0.1) is 5.44 Å². The molecule has 1 aromatic rings. The number of hydrogen-bond acceptors (Lipinski definition) is 2. The van der Waals surface area contributed by atoms with Crippen LogP contribution < -0.4 is 10.3 Å². The highest BCUT2D eigenvalue weighted by Gasteiger charge is 1.92. The summed E-state index contributed by atoms with van der Waals surface area (Å²) in [6, 6.07) is 4.00. The molecule has 1 atom stereocenters.